The van der Waals surface area contributed by atoms with Crippen molar-refractivity contribution in [2.75, 3.05) is 21.3 Å². The average molecular weight is 349 g/mol. The lowest BCUT2D eigenvalue weighted by Crippen LogP contribution is -2.48. The molecule has 0 radical (unpaired) electrons. The summed E-state index contributed by atoms with van der Waals surface area (Å²) in [6, 6.07) is 0. The van der Waals surface area contributed by atoms with E-state index in [0.29, 0.717) is 0 Å². The van der Waals surface area contributed by atoms with Crippen molar-refractivity contribution in [2.24, 2.45) is 0 Å². The summed E-state index contributed by atoms with van der Waals surface area (Å²) in [6.45, 7) is 14.2. The van der Waals surface area contributed by atoms with E-state index in [-0.39, 0.29) is 0 Å². The summed E-state index contributed by atoms with van der Waals surface area (Å²) in [6.07, 6.45) is 3.89. The fourth-order valence-electron chi connectivity index (χ4n) is 3.52. The van der Waals surface area contributed by atoms with E-state index in [9.17, 15) is 0 Å². The second-order valence-electron chi connectivity index (χ2n) is 8.22. The smallest absolute Gasteiger partial charge is 0.189 e. The summed E-state index contributed by atoms with van der Waals surface area (Å²) in [4.78, 5) is 0. The van der Waals surface area contributed by atoms with E-state index in [4.69, 9.17) is 13.3 Å². The lowest BCUT2D eigenvalue weighted by atomic mass is 9.98. The van der Waals surface area contributed by atoms with Crippen LogP contribution in [-0.4, -0.2) is 46.3 Å². The van der Waals surface area contributed by atoms with Crippen LogP contribution in [0.3, 0.4) is 0 Å². The summed E-state index contributed by atoms with van der Waals surface area (Å²) >= 11 is 0. The van der Waals surface area contributed by atoms with Gasteiger partial charge in [0, 0.05) is 21.3 Å². The van der Waals surface area contributed by atoms with Crippen molar-refractivity contribution in [3.63, 3.8) is 0 Å². The Morgan fingerprint density at radius 3 is 0.857 bits per heavy atom. The molecule has 0 saturated heterocycles. The van der Waals surface area contributed by atoms with Crippen molar-refractivity contribution in [1.82, 2.24) is 0 Å². The molecule has 0 bridgehead atoms. The standard InChI is InChI=1S/C15H36O3Si3/c1-16-19(4,5)13-10-14(20(6,7)17-2)12-15(11-13)21(8,9)18-3/h13-15H,10-12H2,1-9H3. The van der Waals surface area contributed by atoms with Crippen molar-refractivity contribution >= 4 is 25.0 Å². The van der Waals surface area contributed by atoms with Gasteiger partial charge in [-0.3, -0.25) is 0 Å². The fourth-order valence-corrected chi connectivity index (χ4v) is 10.3. The molecule has 1 aliphatic carbocycles. The molecule has 1 saturated carbocycles. The van der Waals surface area contributed by atoms with Gasteiger partial charge in [-0.1, -0.05) is 0 Å². The summed E-state index contributed by atoms with van der Waals surface area (Å²) in [5, 5.41) is 0. The van der Waals surface area contributed by atoms with Gasteiger partial charge >= 0.3 is 0 Å². The highest BCUT2D eigenvalue weighted by Gasteiger charge is 2.49. The highest BCUT2D eigenvalue weighted by Crippen LogP contribution is 2.54. The van der Waals surface area contributed by atoms with E-state index in [0.717, 1.165) is 16.6 Å². The molecule has 3 nitrogen and oxygen atoms in total. The molecule has 0 N–H and O–H groups in total. The number of rotatable bonds is 6. The van der Waals surface area contributed by atoms with Crippen LogP contribution in [0.25, 0.3) is 0 Å². The van der Waals surface area contributed by atoms with Crippen molar-refractivity contribution in [2.45, 2.75) is 75.2 Å². The van der Waals surface area contributed by atoms with Crippen LogP contribution in [0.4, 0.5) is 0 Å². The molecule has 1 rings (SSSR count). The van der Waals surface area contributed by atoms with Crippen molar-refractivity contribution in [3.05, 3.63) is 0 Å². The molecular weight excluding hydrogens is 312 g/mol. The zero-order valence-electron chi connectivity index (χ0n) is 15.6. The molecule has 0 aromatic heterocycles. The van der Waals surface area contributed by atoms with E-state index >= 15 is 0 Å². The molecule has 1 fully saturated rings. The van der Waals surface area contributed by atoms with Crippen LogP contribution in [0, 0.1) is 0 Å². The van der Waals surface area contributed by atoms with Gasteiger partial charge in [-0.15, -0.1) is 0 Å². The summed E-state index contributed by atoms with van der Waals surface area (Å²) < 4.78 is 17.9. The van der Waals surface area contributed by atoms with Crippen molar-refractivity contribution in [1.29, 1.82) is 0 Å². The molecule has 0 amide bonds. The van der Waals surface area contributed by atoms with Crippen LogP contribution in [-0.2, 0) is 13.3 Å². The topological polar surface area (TPSA) is 27.7 Å². The predicted molar refractivity (Wildman–Crippen MR) is 98.6 cm³/mol. The van der Waals surface area contributed by atoms with Crippen molar-refractivity contribution in [3.8, 4) is 0 Å². The van der Waals surface area contributed by atoms with E-state index in [1.54, 1.807) is 0 Å². The summed E-state index contributed by atoms with van der Waals surface area (Å²) in [5.74, 6) is 0. The summed E-state index contributed by atoms with van der Waals surface area (Å²) in [5.41, 5.74) is 2.19. The first-order chi connectivity index (χ1) is 9.50. The lowest BCUT2D eigenvalue weighted by Gasteiger charge is -2.48. The Kier molecular flexibility index (Phi) is 6.49. The molecular formula is C15H36O3Si3. The Labute approximate surface area is 135 Å². The second-order valence-corrected chi connectivity index (χ2v) is 21.5. The molecule has 6 heteroatoms. The van der Waals surface area contributed by atoms with E-state index in [1.807, 2.05) is 21.3 Å². The monoisotopic (exact) mass is 348 g/mol. The zero-order chi connectivity index (χ0) is 16.5. The third-order valence-electron chi connectivity index (χ3n) is 6.23. The minimum atomic E-state index is -1.61. The quantitative estimate of drug-likeness (QED) is 0.643. The van der Waals surface area contributed by atoms with Gasteiger partial charge in [-0.25, -0.2) is 0 Å². The maximum absolute atomic E-state index is 5.95. The van der Waals surface area contributed by atoms with Gasteiger partial charge in [0.2, 0.25) is 0 Å². The Hall–Kier alpha value is 0.531. The van der Waals surface area contributed by atoms with Gasteiger partial charge in [0.1, 0.15) is 0 Å². The first kappa shape index (κ1) is 19.6. The van der Waals surface area contributed by atoms with Crippen LogP contribution < -0.4 is 0 Å². The second kappa shape index (κ2) is 6.97. The van der Waals surface area contributed by atoms with Gasteiger partial charge < -0.3 is 13.3 Å². The molecule has 0 spiro atoms. The third-order valence-corrected chi connectivity index (χ3v) is 16.7. The fraction of sp³-hybridized carbons (Fsp3) is 1.00. The maximum atomic E-state index is 5.95. The minimum Gasteiger partial charge on any atom is -0.420 e. The molecule has 0 aromatic rings. The molecule has 1 aliphatic rings. The third kappa shape index (κ3) is 4.51. The zero-order valence-corrected chi connectivity index (χ0v) is 18.6. The van der Waals surface area contributed by atoms with E-state index < -0.39 is 25.0 Å². The maximum Gasteiger partial charge on any atom is 0.189 e. The van der Waals surface area contributed by atoms with Crippen LogP contribution in [0.2, 0.25) is 55.9 Å². The predicted octanol–water partition coefficient (Wildman–Crippen LogP) is 4.84. The largest absolute Gasteiger partial charge is 0.420 e. The number of hydrogen-bond acceptors (Lipinski definition) is 3. The SMILES string of the molecule is CO[Si](C)(C)C1CC([Si](C)(C)OC)CC([Si](C)(C)OC)C1. The Balaban J connectivity index is 3.05. The molecule has 0 unspecified atom stereocenters. The molecule has 0 aromatic carbocycles. The number of hydrogen-bond donors (Lipinski definition) is 0. The first-order valence-corrected chi connectivity index (χ1v) is 17.1. The van der Waals surface area contributed by atoms with Gasteiger partial charge in [-0.2, -0.15) is 0 Å². The van der Waals surface area contributed by atoms with Crippen LogP contribution in [0.15, 0.2) is 0 Å². The summed E-state index contributed by atoms with van der Waals surface area (Å²) in [7, 11) is 0.887. The van der Waals surface area contributed by atoms with Crippen LogP contribution in [0.1, 0.15) is 19.3 Å². The van der Waals surface area contributed by atoms with Crippen LogP contribution in [0.5, 0.6) is 0 Å². The Bertz CT molecular complexity index is 287. The molecule has 0 heterocycles. The minimum absolute atomic E-state index is 0.732. The van der Waals surface area contributed by atoms with Gasteiger partial charge in [-0.05, 0) is 75.2 Å². The average Bonchev–Trinajstić information content (AvgIpc) is 2.46. The van der Waals surface area contributed by atoms with Gasteiger partial charge in [0.05, 0.1) is 0 Å². The van der Waals surface area contributed by atoms with Crippen molar-refractivity contribution < 1.29 is 13.3 Å². The molecule has 0 atom stereocenters. The van der Waals surface area contributed by atoms with Crippen LogP contribution >= 0.6 is 0 Å². The van der Waals surface area contributed by atoms with Gasteiger partial charge in [0.15, 0.2) is 25.0 Å². The molecule has 0 aliphatic heterocycles. The Morgan fingerprint density at radius 1 is 0.524 bits per heavy atom. The lowest BCUT2D eigenvalue weighted by molar-refractivity contribution is 0.316. The van der Waals surface area contributed by atoms with E-state index in [1.165, 1.54) is 19.3 Å². The van der Waals surface area contributed by atoms with E-state index in [2.05, 4.69) is 39.3 Å². The highest BCUT2D eigenvalue weighted by atomic mass is 28.4. The highest BCUT2D eigenvalue weighted by molar-refractivity contribution is 6.76. The normalized spacial score (nSPS) is 28.7. The first-order valence-electron chi connectivity index (χ1n) is 8.15. The molecule has 126 valence electrons. The van der Waals surface area contributed by atoms with Gasteiger partial charge in [0.25, 0.3) is 0 Å². The molecule has 21 heavy (non-hydrogen) atoms. The Morgan fingerprint density at radius 2 is 0.714 bits per heavy atom.